The molecule has 34 heavy (non-hydrogen) atoms. The summed E-state index contributed by atoms with van der Waals surface area (Å²) in [6.45, 7) is 3.30. The molecule has 4 rings (SSSR count). The first-order valence-corrected chi connectivity index (χ1v) is 11.8. The molecule has 0 saturated carbocycles. The molecule has 1 fully saturated rings. The maximum Gasteiger partial charge on any atom is 0.289 e. The average Bonchev–Trinajstić information content (AvgIpc) is 3.32. The molecule has 0 N–H and O–H groups in total. The van der Waals surface area contributed by atoms with Gasteiger partial charge in [0.1, 0.15) is 23.2 Å². The number of thioether (sulfide) groups is 1. The largest absolute Gasteiger partial charge is 0.455 e. The first-order valence-electron chi connectivity index (χ1n) is 10.8. The fourth-order valence-corrected chi connectivity index (χ4v) is 4.47. The fraction of sp³-hybridized carbons (Fsp3) is 0.333. The zero-order chi connectivity index (χ0) is 24.1. The van der Waals surface area contributed by atoms with Gasteiger partial charge in [0, 0.05) is 38.3 Å². The van der Waals surface area contributed by atoms with Gasteiger partial charge in [-0.05, 0) is 55.5 Å². The normalized spacial score (nSPS) is 16.0. The molecule has 1 unspecified atom stereocenters. The number of amides is 2. The van der Waals surface area contributed by atoms with Crippen LogP contribution in [-0.4, -0.2) is 71.2 Å². The van der Waals surface area contributed by atoms with Gasteiger partial charge in [0.25, 0.3) is 5.91 Å². The SMILES string of the molecule is COCC(=O)N1CCN(C(=O)c2ccc(CSc3ccc(-c4ccc(F)cc4)nn3)o2)CC1C. The van der Waals surface area contributed by atoms with Crippen LogP contribution in [-0.2, 0) is 15.3 Å². The van der Waals surface area contributed by atoms with Gasteiger partial charge in [0.15, 0.2) is 5.76 Å². The third kappa shape index (κ3) is 5.63. The molecule has 1 aromatic carbocycles. The first-order chi connectivity index (χ1) is 16.4. The van der Waals surface area contributed by atoms with Crippen LogP contribution in [0.5, 0.6) is 0 Å². The Morgan fingerprint density at radius 1 is 1.12 bits per heavy atom. The molecule has 0 radical (unpaired) electrons. The van der Waals surface area contributed by atoms with Gasteiger partial charge in [-0.1, -0.05) is 11.8 Å². The highest BCUT2D eigenvalue weighted by Crippen LogP contribution is 2.24. The molecule has 178 valence electrons. The van der Waals surface area contributed by atoms with E-state index >= 15 is 0 Å². The molecule has 10 heteroatoms. The summed E-state index contributed by atoms with van der Waals surface area (Å²) in [5, 5.41) is 9.12. The van der Waals surface area contributed by atoms with Crippen LogP contribution < -0.4 is 0 Å². The molecule has 2 amide bonds. The number of halogens is 1. The van der Waals surface area contributed by atoms with E-state index in [4.69, 9.17) is 9.15 Å². The number of methoxy groups -OCH3 is 1. The van der Waals surface area contributed by atoms with Crippen molar-refractivity contribution in [2.24, 2.45) is 0 Å². The minimum absolute atomic E-state index is 0.0385. The van der Waals surface area contributed by atoms with E-state index in [1.807, 2.05) is 19.1 Å². The predicted molar refractivity (Wildman–Crippen MR) is 125 cm³/mol. The summed E-state index contributed by atoms with van der Waals surface area (Å²) >= 11 is 1.44. The van der Waals surface area contributed by atoms with Gasteiger partial charge in [0.05, 0.1) is 11.4 Å². The molecule has 3 heterocycles. The second-order valence-corrected chi connectivity index (χ2v) is 8.93. The van der Waals surface area contributed by atoms with Crippen LogP contribution in [0.25, 0.3) is 11.3 Å². The van der Waals surface area contributed by atoms with Crippen LogP contribution >= 0.6 is 11.8 Å². The second-order valence-electron chi connectivity index (χ2n) is 7.94. The summed E-state index contributed by atoms with van der Waals surface area (Å²) in [5.41, 5.74) is 1.45. The second kappa shape index (κ2) is 10.8. The number of rotatable bonds is 7. The monoisotopic (exact) mass is 484 g/mol. The van der Waals surface area contributed by atoms with Crippen molar-refractivity contribution in [1.29, 1.82) is 0 Å². The third-order valence-electron chi connectivity index (χ3n) is 5.52. The van der Waals surface area contributed by atoms with Gasteiger partial charge in [-0.2, -0.15) is 0 Å². The highest BCUT2D eigenvalue weighted by molar-refractivity contribution is 7.98. The number of nitrogens with zero attached hydrogens (tertiary/aromatic N) is 4. The molecular weight excluding hydrogens is 459 g/mol. The van der Waals surface area contributed by atoms with Crippen LogP contribution in [0.3, 0.4) is 0 Å². The zero-order valence-corrected chi connectivity index (χ0v) is 19.8. The molecule has 1 saturated heterocycles. The molecule has 0 bridgehead atoms. The number of carbonyl (C=O) groups excluding carboxylic acids is 2. The molecule has 0 spiro atoms. The number of benzene rings is 1. The number of ether oxygens (including phenoxy) is 1. The van der Waals surface area contributed by atoms with Gasteiger partial charge >= 0.3 is 0 Å². The van der Waals surface area contributed by atoms with E-state index in [0.717, 1.165) is 5.56 Å². The van der Waals surface area contributed by atoms with Crippen molar-refractivity contribution in [3.63, 3.8) is 0 Å². The average molecular weight is 485 g/mol. The Morgan fingerprint density at radius 2 is 1.91 bits per heavy atom. The van der Waals surface area contributed by atoms with Crippen molar-refractivity contribution in [1.82, 2.24) is 20.0 Å². The fourth-order valence-electron chi connectivity index (χ4n) is 3.76. The Labute approximate surface area is 201 Å². The van der Waals surface area contributed by atoms with Crippen LogP contribution in [0.4, 0.5) is 4.39 Å². The van der Waals surface area contributed by atoms with Crippen molar-refractivity contribution >= 4 is 23.6 Å². The summed E-state index contributed by atoms with van der Waals surface area (Å²) < 4.78 is 23.8. The van der Waals surface area contributed by atoms with Gasteiger partial charge < -0.3 is 19.0 Å². The number of hydrogen-bond acceptors (Lipinski definition) is 7. The Bertz CT molecular complexity index is 1140. The number of carbonyl (C=O) groups is 2. The van der Waals surface area contributed by atoms with Gasteiger partial charge in [-0.3, -0.25) is 9.59 Å². The quantitative estimate of drug-likeness (QED) is 0.475. The number of furan rings is 1. The van der Waals surface area contributed by atoms with Gasteiger partial charge in [-0.25, -0.2) is 4.39 Å². The van der Waals surface area contributed by atoms with Crippen molar-refractivity contribution in [3.8, 4) is 11.3 Å². The minimum Gasteiger partial charge on any atom is -0.455 e. The number of hydrogen-bond donors (Lipinski definition) is 0. The third-order valence-corrected chi connectivity index (χ3v) is 6.46. The van der Waals surface area contributed by atoms with E-state index in [9.17, 15) is 14.0 Å². The summed E-state index contributed by atoms with van der Waals surface area (Å²) in [6.07, 6.45) is 0. The van der Waals surface area contributed by atoms with E-state index in [1.54, 1.807) is 34.1 Å². The maximum atomic E-state index is 13.1. The molecule has 0 aliphatic carbocycles. The van der Waals surface area contributed by atoms with E-state index in [2.05, 4.69) is 10.2 Å². The molecule has 1 aliphatic rings. The van der Waals surface area contributed by atoms with E-state index in [1.165, 1.54) is 31.0 Å². The Kier molecular flexibility index (Phi) is 7.59. The predicted octanol–water partition coefficient (Wildman–Crippen LogP) is 3.49. The lowest BCUT2D eigenvalue weighted by Gasteiger charge is -2.39. The lowest BCUT2D eigenvalue weighted by molar-refractivity contribution is -0.139. The molecule has 3 aromatic rings. The lowest BCUT2D eigenvalue weighted by atomic mass is 10.1. The molecule has 8 nitrogen and oxygen atoms in total. The van der Waals surface area contributed by atoms with Crippen molar-refractivity contribution in [3.05, 3.63) is 65.9 Å². The number of aromatic nitrogens is 2. The first kappa shape index (κ1) is 23.9. The van der Waals surface area contributed by atoms with Crippen molar-refractivity contribution < 1.29 is 23.1 Å². The highest BCUT2D eigenvalue weighted by atomic mass is 32.2. The molecule has 1 atom stereocenters. The zero-order valence-electron chi connectivity index (χ0n) is 18.9. The molecule has 1 aliphatic heterocycles. The van der Waals surface area contributed by atoms with Crippen molar-refractivity contribution in [2.45, 2.75) is 23.7 Å². The Balaban J connectivity index is 1.31. The van der Waals surface area contributed by atoms with Crippen molar-refractivity contribution in [2.75, 3.05) is 33.4 Å². The molecule has 2 aromatic heterocycles. The lowest BCUT2D eigenvalue weighted by Crippen LogP contribution is -2.56. The maximum absolute atomic E-state index is 13.1. The Morgan fingerprint density at radius 3 is 2.59 bits per heavy atom. The van der Waals surface area contributed by atoms with E-state index in [0.29, 0.717) is 41.9 Å². The summed E-state index contributed by atoms with van der Waals surface area (Å²) in [4.78, 5) is 28.4. The minimum atomic E-state index is -0.297. The Hall–Kier alpha value is -3.24. The molecular formula is C24H25FN4O4S. The van der Waals surface area contributed by atoms with E-state index < -0.39 is 0 Å². The topological polar surface area (TPSA) is 88.8 Å². The van der Waals surface area contributed by atoms with Crippen LogP contribution in [0.15, 0.2) is 58.0 Å². The number of piperazine rings is 1. The smallest absolute Gasteiger partial charge is 0.289 e. The summed E-state index contributed by atoms with van der Waals surface area (Å²) in [7, 11) is 1.49. The van der Waals surface area contributed by atoms with Crippen LogP contribution in [0, 0.1) is 5.82 Å². The van der Waals surface area contributed by atoms with Gasteiger partial charge in [0.2, 0.25) is 5.91 Å². The van der Waals surface area contributed by atoms with Crippen LogP contribution in [0.1, 0.15) is 23.2 Å². The summed E-state index contributed by atoms with van der Waals surface area (Å²) in [5.74, 6) is 0.859. The van der Waals surface area contributed by atoms with E-state index in [-0.39, 0.29) is 36.0 Å². The summed E-state index contributed by atoms with van der Waals surface area (Å²) in [6, 6.07) is 13.1. The van der Waals surface area contributed by atoms with Crippen LogP contribution in [0.2, 0.25) is 0 Å². The highest BCUT2D eigenvalue weighted by Gasteiger charge is 2.31. The standard InChI is InChI=1S/C24H25FN4O4S/c1-16-13-28(11-12-29(16)23(30)14-32-2)24(31)21-9-7-19(33-21)15-34-22-10-8-20(26-27-22)17-3-5-18(25)6-4-17/h3-10,16H,11-15H2,1-2H3. The van der Waals surface area contributed by atoms with Gasteiger partial charge in [-0.15, -0.1) is 10.2 Å².